The first-order valence-corrected chi connectivity index (χ1v) is 11.6. The summed E-state index contributed by atoms with van der Waals surface area (Å²) in [6.07, 6.45) is -3.10. The maximum Gasteiger partial charge on any atom is 0.573 e. The third-order valence-electron chi connectivity index (χ3n) is 5.11. The Labute approximate surface area is 205 Å². The largest absolute Gasteiger partial charge is 0.573 e. The zero-order chi connectivity index (χ0) is 24.7. The van der Waals surface area contributed by atoms with E-state index in [0.29, 0.717) is 28.7 Å². The summed E-state index contributed by atoms with van der Waals surface area (Å²) in [6.45, 7) is 1.88. The van der Waals surface area contributed by atoms with Crippen LogP contribution < -0.4 is 10.3 Å². The van der Waals surface area contributed by atoms with Crippen molar-refractivity contribution in [1.82, 2.24) is 24.1 Å². The highest BCUT2D eigenvalue weighted by Gasteiger charge is 2.31. The number of thiophene rings is 1. The van der Waals surface area contributed by atoms with E-state index in [1.54, 1.807) is 16.8 Å². The van der Waals surface area contributed by atoms with Crippen LogP contribution in [0.3, 0.4) is 0 Å². The van der Waals surface area contributed by atoms with E-state index in [2.05, 4.69) is 19.9 Å². The minimum absolute atomic E-state index is 0.272. The van der Waals surface area contributed by atoms with Crippen LogP contribution in [0.1, 0.15) is 22.3 Å². The summed E-state index contributed by atoms with van der Waals surface area (Å²) in [6, 6.07) is 14.0. The first-order chi connectivity index (χ1) is 16.7. The quantitative estimate of drug-likeness (QED) is 0.325. The number of benzene rings is 1. The molecule has 0 bridgehead atoms. The molecule has 4 aromatic heterocycles. The Kier molecular flexibility index (Phi) is 5.85. The second-order valence-electron chi connectivity index (χ2n) is 7.59. The summed E-state index contributed by atoms with van der Waals surface area (Å²) in [5.41, 5.74) is 1.96. The lowest BCUT2D eigenvalue weighted by Crippen LogP contribution is -2.18. The van der Waals surface area contributed by atoms with E-state index >= 15 is 0 Å². The van der Waals surface area contributed by atoms with Gasteiger partial charge >= 0.3 is 6.36 Å². The summed E-state index contributed by atoms with van der Waals surface area (Å²) < 4.78 is 44.9. The van der Waals surface area contributed by atoms with Gasteiger partial charge in [-0.2, -0.15) is 12.6 Å². The number of nitrogens with zero attached hydrogens (tertiary/aromatic N) is 5. The standard InChI is InChI=1S/C23H16F3N5O2S2/c1-13-4-9-18-27-16(11-19(32)30(18)12-13)20(34)22-29-28-21(17-3-2-10-35-17)31(22)14-5-7-15(8-6-14)33-23(24,25)26/h2-12,20,34H,1H3. The number of thiol groups is 1. The molecule has 1 atom stereocenters. The number of hydrogen-bond donors (Lipinski definition) is 1. The van der Waals surface area contributed by atoms with Crippen LogP contribution in [0.15, 0.2) is 71.0 Å². The van der Waals surface area contributed by atoms with Crippen molar-refractivity contribution in [3.8, 4) is 22.1 Å². The molecule has 0 aliphatic heterocycles. The lowest BCUT2D eigenvalue weighted by Gasteiger charge is -2.15. The summed E-state index contributed by atoms with van der Waals surface area (Å²) in [4.78, 5) is 18.1. The third kappa shape index (κ3) is 4.66. The molecule has 178 valence electrons. The van der Waals surface area contributed by atoms with E-state index in [1.807, 2.05) is 30.5 Å². The van der Waals surface area contributed by atoms with Crippen molar-refractivity contribution in [2.45, 2.75) is 18.5 Å². The molecule has 5 aromatic rings. The van der Waals surface area contributed by atoms with Gasteiger partial charge in [-0.1, -0.05) is 12.1 Å². The molecule has 12 heteroatoms. The molecule has 1 unspecified atom stereocenters. The van der Waals surface area contributed by atoms with Gasteiger partial charge in [-0.25, -0.2) is 4.98 Å². The number of aryl methyl sites for hydroxylation is 1. The number of rotatable bonds is 5. The number of ether oxygens (including phenoxy) is 1. The second-order valence-corrected chi connectivity index (χ2v) is 9.06. The topological polar surface area (TPSA) is 74.3 Å². The molecule has 0 radical (unpaired) electrons. The molecule has 0 amide bonds. The van der Waals surface area contributed by atoms with E-state index in [0.717, 1.165) is 10.4 Å². The fourth-order valence-corrected chi connectivity index (χ4v) is 4.59. The molecule has 35 heavy (non-hydrogen) atoms. The van der Waals surface area contributed by atoms with Crippen molar-refractivity contribution in [2.24, 2.45) is 0 Å². The number of halogens is 3. The molecule has 0 aliphatic rings. The fourth-order valence-electron chi connectivity index (χ4n) is 3.59. The Bertz CT molecular complexity index is 1560. The Morgan fingerprint density at radius 1 is 1.09 bits per heavy atom. The van der Waals surface area contributed by atoms with Crippen LogP contribution in [0.25, 0.3) is 22.0 Å². The Balaban J connectivity index is 1.62. The molecule has 7 nitrogen and oxygen atoms in total. The van der Waals surface area contributed by atoms with E-state index < -0.39 is 11.6 Å². The van der Waals surface area contributed by atoms with Gasteiger partial charge in [0.15, 0.2) is 11.6 Å². The van der Waals surface area contributed by atoms with Gasteiger partial charge in [0.05, 0.1) is 10.6 Å². The summed E-state index contributed by atoms with van der Waals surface area (Å²) in [5, 5.41) is 9.75. The molecule has 4 heterocycles. The number of pyridine rings is 1. The predicted molar refractivity (Wildman–Crippen MR) is 128 cm³/mol. The van der Waals surface area contributed by atoms with Crippen molar-refractivity contribution < 1.29 is 17.9 Å². The van der Waals surface area contributed by atoms with E-state index in [1.165, 1.54) is 46.1 Å². The lowest BCUT2D eigenvalue weighted by molar-refractivity contribution is -0.274. The molecule has 5 rings (SSSR count). The molecule has 0 saturated carbocycles. The molecule has 0 fully saturated rings. The average molecular weight is 516 g/mol. The van der Waals surface area contributed by atoms with Gasteiger partial charge in [-0.3, -0.25) is 13.8 Å². The smallest absolute Gasteiger partial charge is 0.406 e. The minimum atomic E-state index is -4.80. The van der Waals surface area contributed by atoms with Crippen LogP contribution >= 0.6 is 24.0 Å². The highest BCUT2D eigenvalue weighted by molar-refractivity contribution is 7.80. The average Bonchev–Trinajstić information content (AvgIpc) is 3.48. The highest BCUT2D eigenvalue weighted by Crippen LogP contribution is 2.34. The van der Waals surface area contributed by atoms with Crippen LogP contribution in [0, 0.1) is 6.92 Å². The Morgan fingerprint density at radius 3 is 2.54 bits per heavy atom. The normalized spacial score (nSPS) is 12.7. The van der Waals surface area contributed by atoms with Gasteiger partial charge in [0, 0.05) is 18.0 Å². The maximum absolute atomic E-state index is 12.7. The van der Waals surface area contributed by atoms with Gasteiger partial charge < -0.3 is 4.74 Å². The van der Waals surface area contributed by atoms with Gasteiger partial charge in [0.25, 0.3) is 5.56 Å². The van der Waals surface area contributed by atoms with Crippen LogP contribution in [0.4, 0.5) is 13.2 Å². The number of alkyl halides is 3. The summed E-state index contributed by atoms with van der Waals surface area (Å²) in [5.74, 6) is 0.478. The minimum Gasteiger partial charge on any atom is -0.406 e. The Hall–Kier alpha value is -3.64. The molecule has 0 spiro atoms. The first-order valence-electron chi connectivity index (χ1n) is 10.2. The predicted octanol–water partition coefficient (Wildman–Crippen LogP) is 5.23. The molecule has 0 N–H and O–H groups in total. The lowest BCUT2D eigenvalue weighted by atomic mass is 10.2. The first kappa shape index (κ1) is 23.1. The maximum atomic E-state index is 12.7. The van der Waals surface area contributed by atoms with Crippen molar-refractivity contribution in [2.75, 3.05) is 0 Å². The van der Waals surface area contributed by atoms with Gasteiger partial charge in [-0.15, -0.1) is 34.7 Å². The van der Waals surface area contributed by atoms with E-state index in [9.17, 15) is 18.0 Å². The number of fused-ring (bicyclic) bond motifs is 1. The Morgan fingerprint density at radius 2 is 1.86 bits per heavy atom. The zero-order valence-electron chi connectivity index (χ0n) is 18.0. The number of aromatic nitrogens is 5. The second kappa shape index (κ2) is 8.86. The molecular formula is C23H16F3N5O2S2. The zero-order valence-corrected chi connectivity index (χ0v) is 19.7. The van der Waals surface area contributed by atoms with Gasteiger partial charge in [0.2, 0.25) is 0 Å². The molecule has 1 aromatic carbocycles. The van der Waals surface area contributed by atoms with Crippen molar-refractivity contribution in [3.63, 3.8) is 0 Å². The van der Waals surface area contributed by atoms with Crippen LogP contribution in [0.2, 0.25) is 0 Å². The monoisotopic (exact) mass is 515 g/mol. The fraction of sp³-hybridized carbons (Fsp3) is 0.130. The van der Waals surface area contributed by atoms with Crippen molar-refractivity contribution in [3.05, 3.63) is 93.6 Å². The molecular weight excluding hydrogens is 499 g/mol. The number of hydrogen-bond acceptors (Lipinski definition) is 7. The van der Waals surface area contributed by atoms with E-state index in [-0.39, 0.29) is 11.3 Å². The van der Waals surface area contributed by atoms with E-state index in [4.69, 9.17) is 12.6 Å². The summed E-state index contributed by atoms with van der Waals surface area (Å²) in [7, 11) is 0. The van der Waals surface area contributed by atoms with Crippen molar-refractivity contribution in [1.29, 1.82) is 0 Å². The SMILES string of the molecule is Cc1ccc2nc(C(S)c3nnc(-c4cccs4)n3-c3ccc(OC(F)(F)F)cc3)cc(=O)n2c1. The van der Waals surface area contributed by atoms with Gasteiger partial charge in [-0.05, 0) is 54.3 Å². The summed E-state index contributed by atoms with van der Waals surface area (Å²) >= 11 is 6.14. The third-order valence-corrected chi connectivity index (χ3v) is 6.47. The van der Waals surface area contributed by atoms with Crippen molar-refractivity contribution >= 4 is 29.6 Å². The van der Waals surface area contributed by atoms with Crippen LogP contribution in [0.5, 0.6) is 5.75 Å². The van der Waals surface area contributed by atoms with Gasteiger partial charge in [0.1, 0.15) is 16.6 Å². The van der Waals surface area contributed by atoms with Crippen LogP contribution in [-0.2, 0) is 0 Å². The molecule has 0 saturated heterocycles. The highest BCUT2D eigenvalue weighted by atomic mass is 32.1. The molecule has 0 aliphatic carbocycles. The van der Waals surface area contributed by atoms with Crippen LogP contribution in [-0.4, -0.2) is 30.5 Å².